The predicted octanol–water partition coefficient (Wildman–Crippen LogP) is 3.69. The van der Waals surface area contributed by atoms with Gasteiger partial charge >= 0.3 is 5.63 Å². The molecule has 4 rings (SSSR count). The molecule has 0 radical (unpaired) electrons. The quantitative estimate of drug-likeness (QED) is 0.627. The Kier molecular flexibility index (Phi) is 5.65. The molecule has 1 aromatic heterocycles. The number of carbonyl (C=O) groups excluding carboxylic acids is 1. The molecule has 0 unspecified atom stereocenters. The molecule has 0 aliphatic carbocycles. The number of rotatable bonds is 5. The highest BCUT2D eigenvalue weighted by atomic mass is 19.1. The monoisotopic (exact) mass is 410 g/mol. The molecule has 0 spiro atoms. The fourth-order valence-corrected chi connectivity index (χ4v) is 3.98. The Labute approximate surface area is 173 Å². The molecule has 2 heterocycles. The van der Waals surface area contributed by atoms with E-state index in [1.807, 2.05) is 6.07 Å². The molecule has 156 valence electrons. The number of fused-ring (bicyclic) bond motifs is 1. The summed E-state index contributed by atoms with van der Waals surface area (Å²) in [5, 5.41) is 7.08. The topological polar surface area (TPSA) is 80.6 Å². The van der Waals surface area contributed by atoms with Crippen molar-refractivity contribution in [3.63, 3.8) is 0 Å². The lowest BCUT2D eigenvalue weighted by Crippen LogP contribution is -2.46. The van der Waals surface area contributed by atoms with Crippen molar-refractivity contribution in [1.29, 1.82) is 0 Å². The first-order chi connectivity index (χ1) is 14.4. The molecule has 30 heavy (non-hydrogen) atoms. The van der Waals surface area contributed by atoms with Gasteiger partial charge < -0.3 is 19.8 Å². The summed E-state index contributed by atoms with van der Waals surface area (Å²) in [6.45, 7) is 3.05. The number of hydrogen-bond donors (Lipinski definition) is 2. The van der Waals surface area contributed by atoms with Crippen LogP contribution in [0.25, 0.3) is 11.0 Å². The van der Waals surface area contributed by atoms with Gasteiger partial charge in [0, 0.05) is 55.4 Å². The highest BCUT2D eigenvalue weighted by Gasteiger charge is 2.34. The molecule has 0 saturated carbocycles. The average molecular weight is 410 g/mol. The minimum atomic E-state index is -0.456. The van der Waals surface area contributed by atoms with Crippen LogP contribution in [0.2, 0.25) is 0 Å². The fourth-order valence-electron chi connectivity index (χ4n) is 3.98. The number of amides is 1. The smallest absolute Gasteiger partial charge is 0.336 e. The zero-order chi connectivity index (χ0) is 21.1. The molecule has 6 nitrogen and oxygen atoms in total. The van der Waals surface area contributed by atoms with E-state index in [4.69, 9.17) is 9.15 Å². The van der Waals surface area contributed by atoms with Crippen molar-refractivity contribution >= 4 is 22.6 Å². The van der Waals surface area contributed by atoms with Crippen molar-refractivity contribution in [2.75, 3.05) is 18.5 Å². The first-order valence-electron chi connectivity index (χ1n) is 9.88. The number of ether oxygens (including phenoxy) is 1. The number of benzene rings is 2. The summed E-state index contributed by atoms with van der Waals surface area (Å²) >= 11 is 0. The molecule has 0 atom stereocenters. The average Bonchev–Trinajstić information content (AvgIpc) is 2.72. The van der Waals surface area contributed by atoms with Crippen molar-refractivity contribution in [1.82, 2.24) is 5.32 Å². The lowest BCUT2D eigenvalue weighted by atomic mass is 9.82. The normalized spacial score (nSPS) is 15.8. The van der Waals surface area contributed by atoms with Crippen LogP contribution in [-0.4, -0.2) is 19.1 Å². The Morgan fingerprint density at radius 1 is 1.10 bits per heavy atom. The minimum Gasteiger partial charge on any atom is -0.423 e. The SMILES string of the molecule is CC(=O)Nc1ccc2c(CNC3(c4ccc(F)cc4)CCOCC3)cc(=O)oc2c1. The van der Waals surface area contributed by atoms with Gasteiger partial charge in [0.05, 0.1) is 0 Å². The van der Waals surface area contributed by atoms with Crippen LogP contribution in [-0.2, 0) is 21.6 Å². The van der Waals surface area contributed by atoms with Gasteiger partial charge in [-0.05, 0) is 48.2 Å². The largest absolute Gasteiger partial charge is 0.423 e. The third-order valence-corrected chi connectivity index (χ3v) is 5.51. The van der Waals surface area contributed by atoms with E-state index in [2.05, 4.69) is 10.6 Å². The minimum absolute atomic E-state index is 0.199. The van der Waals surface area contributed by atoms with E-state index >= 15 is 0 Å². The van der Waals surface area contributed by atoms with Gasteiger partial charge in [-0.2, -0.15) is 0 Å². The van der Waals surface area contributed by atoms with Gasteiger partial charge in [0.15, 0.2) is 0 Å². The lowest BCUT2D eigenvalue weighted by Gasteiger charge is -2.39. The van der Waals surface area contributed by atoms with Crippen LogP contribution in [0.4, 0.5) is 10.1 Å². The van der Waals surface area contributed by atoms with E-state index in [-0.39, 0.29) is 17.3 Å². The van der Waals surface area contributed by atoms with Crippen LogP contribution in [0.1, 0.15) is 30.9 Å². The van der Waals surface area contributed by atoms with Crippen molar-refractivity contribution in [3.05, 3.63) is 75.9 Å². The molecular formula is C23H23FN2O4. The van der Waals surface area contributed by atoms with E-state index in [1.165, 1.54) is 25.1 Å². The molecule has 3 aromatic rings. The summed E-state index contributed by atoms with van der Waals surface area (Å²) < 4.78 is 24.3. The predicted molar refractivity (Wildman–Crippen MR) is 112 cm³/mol. The molecule has 1 aliphatic rings. The molecule has 7 heteroatoms. The van der Waals surface area contributed by atoms with Gasteiger partial charge in [-0.15, -0.1) is 0 Å². The van der Waals surface area contributed by atoms with Crippen LogP contribution in [0.15, 0.2) is 57.7 Å². The van der Waals surface area contributed by atoms with E-state index in [0.717, 1.165) is 29.4 Å². The van der Waals surface area contributed by atoms with Crippen LogP contribution >= 0.6 is 0 Å². The lowest BCUT2D eigenvalue weighted by molar-refractivity contribution is -0.114. The van der Waals surface area contributed by atoms with Crippen LogP contribution < -0.4 is 16.3 Å². The summed E-state index contributed by atoms with van der Waals surface area (Å²) in [6, 6.07) is 13.2. The number of hydrogen-bond acceptors (Lipinski definition) is 5. The van der Waals surface area contributed by atoms with Gasteiger partial charge in [0.1, 0.15) is 11.4 Å². The Balaban J connectivity index is 1.66. The zero-order valence-corrected chi connectivity index (χ0v) is 16.7. The summed E-state index contributed by atoms with van der Waals surface area (Å²) in [4.78, 5) is 23.4. The van der Waals surface area contributed by atoms with Crippen LogP contribution in [0.5, 0.6) is 0 Å². The van der Waals surface area contributed by atoms with Crippen molar-refractivity contribution in [2.24, 2.45) is 0 Å². The number of anilines is 1. The molecule has 0 bridgehead atoms. The Morgan fingerprint density at radius 2 is 1.83 bits per heavy atom. The first kappa shape index (κ1) is 20.3. The Hall–Kier alpha value is -3.03. The standard InChI is InChI=1S/C23H23FN2O4/c1-15(27)26-19-6-7-20-16(12-22(28)30-21(20)13-19)14-25-23(8-10-29-11-9-23)17-2-4-18(24)5-3-17/h2-7,12-13,25H,8-11,14H2,1H3,(H,26,27). The first-order valence-corrected chi connectivity index (χ1v) is 9.88. The fraction of sp³-hybridized carbons (Fsp3) is 0.304. The van der Waals surface area contributed by atoms with Gasteiger partial charge in [0.2, 0.25) is 5.91 Å². The maximum absolute atomic E-state index is 13.4. The van der Waals surface area contributed by atoms with Crippen LogP contribution in [0, 0.1) is 5.82 Å². The summed E-state index contributed by atoms with van der Waals surface area (Å²) in [7, 11) is 0. The van der Waals surface area contributed by atoms with Crippen molar-refractivity contribution < 1.29 is 18.3 Å². The van der Waals surface area contributed by atoms with E-state index in [1.54, 1.807) is 24.3 Å². The van der Waals surface area contributed by atoms with Gasteiger partial charge in [0.25, 0.3) is 0 Å². The maximum atomic E-state index is 13.4. The van der Waals surface area contributed by atoms with Gasteiger partial charge in [-0.25, -0.2) is 9.18 Å². The molecule has 1 saturated heterocycles. The second-order valence-corrected chi connectivity index (χ2v) is 7.54. The van der Waals surface area contributed by atoms with Crippen molar-refractivity contribution in [3.8, 4) is 0 Å². The van der Waals surface area contributed by atoms with E-state index in [9.17, 15) is 14.0 Å². The highest BCUT2D eigenvalue weighted by molar-refractivity contribution is 5.92. The van der Waals surface area contributed by atoms with Crippen molar-refractivity contribution in [2.45, 2.75) is 31.8 Å². The molecule has 1 fully saturated rings. The van der Waals surface area contributed by atoms with Crippen LogP contribution in [0.3, 0.4) is 0 Å². The molecular weight excluding hydrogens is 387 g/mol. The third kappa shape index (κ3) is 4.27. The second-order valence-electron chi connectivity index (χ2n) is 7.54. The Morgan fingerprint density at radius 3 is 2.53 bits per heavy atom. The van der Waals surface area contributed by atoms with Gasteiger partial charge in [-0.1, -0.05) is 12.1 Å². The highest BCUT2D eigenvalue weighted by Crippen LogP contribution is 2.33. The van der Waals surface area contributed by atoms with E-state index < -0.39 is 5.63 Å². The summed E-state index contributed by atoms with van der Waals surface area (Å²) in [5.41, 5.74) is 1.94. The zero-order valence-electron chi connectivity index (χ0n) is 16.7. The molecule has 2 aromatic carbocycles. The summed E-state index contributed by atoms with van der Waals surface area (Å²) in [5.74, 6) is -0.474. The maximum Gasteiger partial charge on any atom is 0.336 e. The third-order valence-electron chi connectivity index (χ3n) is 5.51. The van der Waals surface area contributed by atoms with E-state index in [0.29, 0.717) is 31.0 Å². The Bertz CT molecular complexity index is 1120. The number of nitrogens with one attached hydrogen (secondary N) is 2. The number of carbonyl (C=O) groups is 1. The summed E-state index contributed by atoms with van der Waals surface area (Å²) in [6.07, 6.45) is 1.48. The molecule has 1 amide bonds. The van der Waals surface area contributed by atoms with Gasteiger partial charge in [-0.3, -0.25) is 4.79 Å². The molecule has 1 aliphatic heterocycles. The number of halogens is 1. The molecule has 2 N–H and O–H groups in total. The second kappa shape index (κ2) is 8.38.